The molecule has 5 nitrogen and oxygen atoms in total. The number of nitrogens with one attached hydrogen (secondary N) is 1. The molecule has 108 valence electrons. The van der Waals surface area contributed by atoms with Gasteiger partial charge in [0, 0.05) is 36.7 Å². The highest BCUT2D eigenvalue weighted by Gasteiger charge is 2.20. The number of halogens is 1. The summed E-state index contributed by atoms with van der Waals surface area (Å²) in [6, 6.07) is 7.71. The maximum Gasteiger partial charge on any atom is 0.238 e. The van der Waals surface area contributed by atoms with Crippen LogP contribution in [0.5, 0.6) is 0 Å². The van der Waals surface area contributed by atoms with Gasteiger partial charge in [-0.25, -0.2) is 0 Å². The van der Waals surface area contributed by atoms with E-state index in [4.69, 9.17) is 0 Å². The van der Waals surface area contributed by atoms with E-state index >= 15 is 0 Å². The number of piperazine rings is 1. The number of para-hydroxylation sites is 1. The van der Waals surface area contributed by atoms with Gasteiger partial charge in [0.1, 0.15) is 0 Å². The first-order valence-corrected chi connectivity index (χ1v) is 7.66. The number of hydrogen-bond acceptors (Lipinski definition) is 3. The number of nitrogens with zero attached hydrogens (tertiary/aromatic N) is 2. The summed E-state index contributed by atoms with van der Waals surface area (Å²) in [5.41, 5.74) is 0.848. The molecule has 1 heterocycles. The van der Waals surface area contributed by atoms with E-state index in [1.165, 1.54) is 0 Å². The summed E-state index contributed by atoms with van der Waals surface area (Å²) in [5.74, 6) is 0.0957. The van der Waals surface area contributed by atoms with Crippen molar-refractivity contribution in [3.05, 3.63) is 27.8 Å². The van der Waals surface area contributed by atoms with Crippen LogP contribution in [0.25, 0.3) is 0 Å². The standard InChI is InChI=1S/C14H18IN3O2/c1-11(19)18-8-6-17(7-9-18)10-14(20)16-13-5-3-2-4-12(13)15/h2-5H,6-10H2,1H3,(H,16,20). The van der Waals surface area contributed by atoms with Gasteiger partial charge in [-0.15, -0.1) is 0 Å². The summed E-state index contributed by atoms with van der Waals surface area (Å²) in [6.45, 7) is 4.85. The molecule has 2 rings (SSSR count). The van der Waals surface area contributed by atoms with Crippen LogP contribution in [0.3, 0.4) is 0 Å². The van der Waals surface area contributed by atoms with Gasteiger partial charge in [0.2, 0.25) is 11.8 Å². The first kappa shape index (κ1) is 15.2. The molecule has 6 heteroatoms. The second-order valence-electron chi connectivity index (χ2n) is 4.81. The summed E-state index contributed by atoms with van der Waals surface area (Å²) < 4.78 is 1.03. The van der Waals surface area contributed by atoms with Gasteiger partial charge in [-0.1, -0.05) is 12.1 Å². The Kier molecular flexibility index (Phi) is 5.36. The second kappa shape index (κ2) is 7.03. The van der Waals surface area contributed by atoms with Crippen molar-refractivity contribution in [1.29, 1.82) is 0 Å². The van der Waals surface area contributed by atoms with Crippen molar-refractivity contribution >= 4 is 40.1 Å². The summed E-state index contributed by atoms with van der Waals surface area (Å²) >= 11 is 2.20. The molecular weight excluding hydrogens is 369 g/mol. The molecule has 2 amide bonds. The van der Waals surface area contributed by atoms with Gasteiger partial charge in [0.05, 0.1) is 12.2 Å². The highest BCUT2D eigenvalue weighted by Crippen LogP contribution is 2.16. The zero-order valence-electron chi connectivity index (χ0n) is 11.4. The van der Waals surface area contributed by atoms with Gasteiger partial charge in [0.25, 0.3) is 0 Å². The third-order valence-electron chi connectivity index (χ3n) is 3.33. The molecule has 1 aliphatic heterocycles. The van der Waals surface area contributed by atoms with Crippen LogP contribution >= 0.6 is 22.6 Å². The monoisotopic (exact) mass is 387 g/mol. The van der Waals surface area contributed by atoms with E-state index < -0.39 is 0 Å². The molecule has 1 aromatic carbocycles. The molecule has 1 aliphatic rings. The van der Waals surface area contributed by atoms with Gasteiger partial charge >= 0.3 is 0 Å². The van der Waals surface area contributed by atoms with Crippen LogP contribution < -0.4 is 5.32 Å². The first-order chi connectivity index (χ1) is 9.56. The Morgan fingerprint density at radius 1 is 1.20 bits per heavy atom. The molecule has 1 saturated heterocycles. The maximum atomic E-state index is 12.0. The molecule has 0 bridgehead atoms. The summed E-state index contributed by atoms with van der Waals surface area (Å²) in [4.78, 5) is 27.1. The normalized spacial score (nSPS) is 16.0. The molecule has 0 spiro atoms. The minimum atomic E-state index is -0.00890. The molecule has 0 saturated carbocycles. The van der Waals surface area contributed by atoms with Crippen LogP contribution in [-0.4, -0.2) is 54.3 Å². The van der Waals surface area contributed by atoms with Gasteiger partial charge in [-0.05, 0) is 34.7 Å². The maximum absolute atomic E-state index is 12.0. The van der Waals surface area contributed by atoms with Crippen LogP contribution in [-0.2, 0) is 9.59 Å². The van der Waals surface area contributed by atoms with Gasteiger partial charge in [0.15, 0.2) is 0 Å². The number of amides is 2. The highest BCUT2D eigenvalue weighted by molar-refractivity contribution is 14.1. The molecule has 1 aromatic rings. The Hall–Kier alpha value is -1.15. The Morgan fingerprint density at radius 2 is 1.85 bits per heavy atom. The number of benzene rings is 1. The lowest BCUT2D eigenvalue weighted by molar-refractivity contribution is -0.130. The first-order valence-electron chi connectivity index (χ1n) is 6.58. The predicted molar refractivity (Wildman–Crippen MR) is 86.5 cm³/mol. The molecule has 1 N–H and O–H groups in total. The van der Waals surface area contributed by atoms with Crippen LogP contribution in [0, 0.1) is 3.57 Å². The Morgan fingerprint density at radius 3 is 2.45 bits per heavy atom. The van der Waals surface area contributed by atoms with Crippen molar-refractivity contribution in [1.82, 2.24) is 9.80 Å². The number of carbonyl (C=O) groups is 2. The zero-order chi connectivity index (χ0) is 14.5. The lowest BCUT2D eigenvalue weighted by atomic mass is 10.3. The highest BCUT2D eigenvalue weighted by atomic mass is 127. The van der Waals surface area contributed by atoms with E-state index in [9.17, 15) is 9.59 Å². The van der Waals surface area contributed by atoms with Crippen molar-refractivity contribution in [3.8, 4) is 0 Å². The van der Waals surface area contributed by atoms with Gasteiger partial charge < -0.3 is 10.2 Å². The average molecular weight is 387 g/mol. The number of anilines is 1. The third kappa shape index (κ3) is 4.17. The minimum absolute atomic E-state index is 0.00890. The zero-order valence-corrected chi connectivity index (χ0v) is 13.6. The summed E-state index contributed by atoms with van der Waals surface area (Å²) in [5, 5.41) is 2.92. The summed E-state index contributed by atoms with van der Waals surface area (Å²) in [7, 11) is 0. The predicted octanol–water partition coefficient (Wildman–Crippen LogP) is 1.39. The van der Waals surface area contributed by atoms with Crippen LogP contribution in [0.4, 0.5) is 5.69 Å². The van der Waals surface area contributed by atoms with E-state index in [1.807, 2.05) is 29.2 Å². The molecule has 0 unspecified atom stereocenters. The lowest BCUT2D eigenvalue weighted by Gasteiger charge is -2.33. The fourth-order valence-corrected chi connectivity index (χ4v) is 2.70. The van der Waals surface area contributed by atoms with Crippen LogP contribution in [0.15, 0.2) is 24.3 Å². The van der Waals surface area contributed by atoms with Crippen molar-refractivity contribution in [2.75, 3.05) is 38.0 Å². The minimum Gasteiger partial charge on any atom is -0.340 e. The molecule has 0 radical (unpaired) electrons. The fraction of sp³-hybridized carbons (Fsp3) is 0.429. The van der Waals surface area contributed by atoms with Crippen LogP contribution in [0.1, 0.15) is 6.92 Å². The number of carbonyl (C=O) groups excluding carboxylic acids is 2. The average Bonchev–Trinajstić information content (AvgIpc) is 2.42. The van der Waals surface area contributed by atoms with Crippen molar-refractivity contribution in [2.45, 2.75) is 6.92 Å². The SMILES string of the molecule is CC(=O)N1CCN(CC(=O)Nc2ccccc2I)CC1. The molecule has 0 aromatic heterocycles. The van der Waals surface area contributed by atoms with E-state index in [1.54, 1.807) is 6.92 Å². The number of rotatable bonds is 3. The lowest BCUT2D eigenvalue weighted by Crippen LogP contribution is -2.49. The van der Waals surface area contributed by atoms with Gasteiger partial charge in [-0.3, -0.25) is 14.5 Å². The topological polar surface area (TPSA) is 52.7 Å². The van der Waals surface area contributed by atoms with Crippen molar-refractivity contribution < 1.29 is 9.59 Å². The van der Waals surface area contributed by atoms with E-state index in [0.29, 0.717) is 19.6 Å². The third-order valence-corrected chi connectivity index (χ3v) is 4.27. The van der Waals surface area contributed by atoms with E-state index in [0.717, 1.165) is 22.3 Å². The number of hydrogen-bond donors (Lipinski definition) is 1. The smallest absolute Gasteiger partial charge is 0.238 e. The van der Waals surface area contributed by atoms with Gasteiger partial charge in [-0.2, -0.15) is 0 Å². The fourth-order valence-electron chi connectivity index (χ4n) is 2.18. The molecule has 0 aliphatic carbocycles. The molecule has 20 heavy (non-hydrogen) atoms. The Balaban J connectivity index is 1.81. The quantitative estimate of drug-likeness (QED) is 0.798. The molecule has 0 atom stereocenters. The van der Waals surface area contributed by atoms with Crippen molar-refractivity contribution in [2.24, 2.45) is 0 Å². The van der Waals surface area contributed by atoms with Crippen molar-refractivity contribution in [3.63, 3.8) is 0 Å². The largest absolute Gasteiger partial charge is 0.340 e. The van der Waals surface area contributed by atoms with E-state index in [2.05, 4.69) is 32.8 Å². The molecular formula is C14H18IN3O2. The van der Waals surface area contributed by atoms with E-state index in [-0.39, 0.29) is 11.8 Å². The Labute approximate surface area is 132 Å². The second-order valence-corrected chi connectivity index (χ2v) is 5.97. The molecule has 1 fully saturated rings. The van der Waals surface area contributed by atoms with Crippen LogP contribution in [0.2, 0.25) is 0 Å². The summed E-state index contributed by atoms with van der Waals surface area (Å²) in [6.07, 6.45) is 0. The Bertz CT molecular complexity index is 499.